The summed E-state index contributed by atoms with van der Waals surface area (Å²) < 4.78 is 0. The number of nitrogens with one attached hydrogen (secondary N) is 1. The highest BCUT2D eigenvalue weighted by molar-refractivity contribution is 6.18. The summed E-state index contributed by atoms with van der Waals surface area (Å²) >= 11 is 0. The van der Waals surface area contributed by atoms with Crippen molar-refractivity contribution in [3.63, 3.8) is 0 Å². The van der Waals surface area contributed by atoms with Crippen molar-refractivity contribution in [2.45, 2.75) is 26.2 Å². The molecule has 0 radical (unpaired) electrons. The molecule has 4 rings (SSSR count). The molecule has 3 aromatic rings. The molecule has 1 nitrogen and oxygen atoms in total. The molecule has 0 fully saturated rings. The molecule has 0 bridgehead atoms. The van der Waals surface area contributed by atoms with E-state index in [0.29, 0.717) is 5.71 Å². The third-order valence-electron chi connectivity index (χ3n) is 4.85. The molecule has 0 heterocycles. The summed E-state index contributed by atoms with van der Waals surface area (Å²) in [7, 11) is 0. The van der Waals surface area contributed by atoms with Gasteiger partial charge in [0.05, 0.1) is 5.71 Å². The first-order valence-corrected chi connectivity index (χ1v) is 7.94. The van der Waals surface area contributed by atoms with Gasteiger partial charge >= 0.3 is 0 Å². The first-order chi connectivity index (χ1) is 10.8. The summed E-state index contributed by atoms with van der Waals surface area (Å²) in [5, 5.41) is 11.2. The van der Waals surface area contributed by atoms with Crippen LogP contribution in [0.3, 0.4) is 0 Å². The minimum atomic E-state index is 0.662. The van der Waals surface area contributed by atoms with E-state index in [-0.39, 0.29) is 0 Å². The topological polar surface area (TPSA) is 23.9 Å². The summed E-state index contributed by atoms with van der Waals surface area (Å²) in [6, 6.07) is 18.9. The predicted octanol–water partition coefficient (Wildman–Crippen LogP) is 5.05. The maximum Gasteiger partial charge on any atom is 0.0693 e. The number of aryl methyl sites for hydroxylation is 1. The van der Waals surface area contributed by atoms with Gasteiger partial charge in [-0.25, -0.2) is 0 Å². The highest BCUT2D eigenvalue weighted by Crippen LogP contribution is 2.31. The van der Waals surface area contributed by atoms with Crippen LogP contribution in [0.1, 0.15) is 34.2 Å². The Morgan fingerprint density at radius 1 is 0.818 bits per heavy atom. The third kappa shape index (κ3) is 1.97. The van der Waals surface area contributed by atoms with E-state index in [0.717, 1.165) is 24.0 Å². The lowest BCUT2D eigenvalue weighted by Gasteiger charge is -2.14. The van der Waals surface area contributed by atoms with Crippen molar-refractivity contribution in [2.75, 3.05) is 0 Å². The van der Waals surface area contributed by atoms with Gasteiger partial charge in [0.15, 0.2) is 0 Å². The van der Waals surface area contributed by atoms with Gasteiger partial charge in [0, 0.05) is 11.1 Å². The Morgan fingerprint density at radius 3 is 2.50 bits per heavy atom. The van der Waals surface area contributed by atoms with Crippen LogP contribution >= 0.6 is 0 Å². The minimum Gasteiger partial charge on any atom is -0.300 e. The Hall–Kier alpha value is -2.41. The van der Waals surface area contributed by atoms with E-state index in [1.54, 1.807) is 0 Å². The lowest BCUT2D eigenvalue weighted by molar-refractivity contribution is 0.909. The summed E-state index contributed by atoms with van der Waals surface area (Å²) in [6.07, 6.45) is 3.49. The number of hydrogen-bond acceptors (Lipinski definition) is 1. The van der Waals surface area contributed by atoms with Crippen LogP contribution in [0, 0.1) is 12.3 Å². The van der Waals surface area contributed by atoms with E-state index in [2.05, 4.69) is 61.5 Å². The molecule has 1 aliphatic rings. The van der Waals surface area contributed by atoms with Gasteiger partial charge in [-0.3, -0.25) is 5.41 Å². The molecule has 1 aliphatic carbocycles. The number of hydrogen-bond donors (Lipinski definition) is 1. The first kappa shape index (κ1) is 13.3. The van der Waals surface area contributed by atoms with Gasteiger partial charge in [-0.1, -0.05) is 54.6 Å². The van der Waals surface area contributed by atoms with Crippen molar-refractivity contribution in [3.8, 4) is 0 Å². The molecule has 0 saturated carbocycles. The largest absolute Gasteiger partial charge is 0.300 e. The van der Waals surface area contributed by atoms with Gasteiger partial charge in [0.1, 0.15) is 0 Å². The van der Waals surface area contributed by atoms with Crippen LogP contribution in [-0.4, -0.2) is 5.71 Å². The van der Waals surface area contributed by atoms with Crippen molar-refractivity contribution >= 4 is 16.5 Å². The van der Waals surface area contributed by atoms with Crippen molar-refractivity contribution in [1.82, 2.24) is 0 Å². The summed E-state index contributed by atoms with van der Waals surface area (Å²) in [6.45, 7) is 2.19. The van der Waals surface area contributed by atoms with Crippen molar-refractivity contribution < 1.29 is 0 Å². The van der Waals surface area contributed by atoms with Crippen LogP contribution in [0.25, 0.3) is 10.8 Å². The monoisotopic (exact) mass is 285 g/mol. The maximum absolute atomic E-state index is 8.79. The van der Waals surface area contributed by atoms with E-state index in [1.807, 2.05) is 0 Å². The summed E-state index contributed by atoms with van der Waals surface area (Å²) in [5.41, 5.74) is 7.07. The van der Waals surface area contributed by atoms with E-state index >= 15 is 0 Å². The molecule has 0 atom stereocenters. The lowest BCUT2D eigenvalue weighted by Crippen LogP contribution is -2.07. The lowest BCUT2D eigenvalue weighted by atomic mass is 9.91. The van der Waals surface area contributed by atoms with Gasteiger partial charge in [0.2, 0.25) is 0 Å². The van der Waals surface area contributed by atoms with Crippen molar-refractivity contribution in [2.24, 2.45) is 0 Å². The van der Waals surface area contributed by atoms with E-state index in [4.69, 9.17) is 5.41 Å². The summed E-state index contributed by atoms with van der Waals surface area (Å²) in [4.78, 5) is 0. The Bertz CT molecular complexity index is 884. The molecule has 22 heavy (non-hydrogen) atoms. The zero-order valence-corrected chi connectivity index (χ0v) is 12.8. The molecule has 3 aromatic carbocycles. The molecule has 0 aliphatic heterocycles. The quantitative estimate of drug-likeness (QED) is 0.637. The average molecular weight is 285 g/mol. The van der Waals surface area contributed by atoms with E-state index in [9.17, 15) is 0 Å². The smallest absolute Gasteiger partial charge is 0.0693 e. The fraction of sp³-hybridized carbons (Fsp3) is 0.190. The second-order valence-electron chi connectivity index (χ2n) is 6.14. The zero-order valence-electron chi connectivity index (χ0n) is 12.8. The fourth-order valence-electron chi connectivity index (χ4n) is 3.71. The SMILES string of the molecule is Cc1ccc(C(=N)c2cccc3ccccc23)c2c1CCC2. The molecule has 108 valence electrons. The molecule has 0 unspecified atom stereocenters. The van der Waals surface area contributed by atoms with Gasteiger partial charge in [-0.05, 0) is 53.6 Å². The predicted molar refractivity (Wildman–Crippen MR) is 93.1 cm³/mol. The Morgan fingerprint density at radius 2 is 1.59 bits per heavy atom. The van der Waals surface area contributed by atoms with Gasteiger partial charge in [-0.15, -0.1) is 0 Å². The molecule has 0 amide bonds. The minimum absolute atomic E-state index is 0.662. The molecule has 0 saturated heterocycles. The average Bonchev–Trinajstić information content (AvgIpc) is 3.05. The van der Waals surface area contributed by atoms with Crippen LogP contribution < -0.4 is 0 Å². The van der Waals surface area contributed by atoms with Gasteiger partial charge in [0.25, 0.3) is 0 Å². The molecular weight excluding hydrogens is 266 g/mol. The van der Waals surface area contributed by atoms with E-state index in [1.165, 1.54) is 33.9 Å². The van der Waals surface area contributed by atoms with E-state index < -0.39 is 0 Å². The molecule has 0 aromatic heterocycles. The van der Waals surface area contributed by atoms with Crippen LogP contribution in [0.5, 0.6) is 0 Å². The highest BCUT2D eigenvalue weighted by atomic mass is 14.4. The number of benzene rings is 3. The van der Waals surface area contributed by atoms with Gasteiger partial charge < -0.3 is 0 Å². The van der Waals surface area contributed by atoms with Crippen LogP contribution in [0.15, 0.2) is 54.6 Å². The molecule has 1 N–H and O–H groups in total. The zero-order chi connectivity index (χ0) is 15.1. The fourth-order valence-corrected chi connectivity index (χ4v) is 3.71. The van der Waals surface area contributed by atoms with Crippen LogP contribution in [0.2, 0.25) is 0 Å². The highest BCUT2D eigenvalue weighted by Gasteiger charge is 2.20. The van der Waals surface area contributed by atoms with Crippen LogP contribution in [0.4, 0.5) is 0 Å². The van der Waals surface area contributed by atoms with Crippen molar-refractivity contribution in [3.05, 3.63) is 82.4 Å². The Kier molecular flexibility index (Phi) is 3.07. The van der Waals surface area contributed by atoms with Gasteiger partial charge in [-0.2, -0.15) is 0 Å². The number of fused-ring (bicyclic) bond motifs is 2. The van der Waals surface area contributed by atoms with Crippen LogP contribution in [-0.2, 0) is 12.8 Å². The Labute approximate surface area is 131 Å². The molecule has 0 spiro atoms. The maximum atomic E-state index is 8.79. The summed E-state index contributed by atoms with van der Waals surface area (Å²) in [5.74, 6) is 0. The van der Waals surface area contributed by atoms with Crippen molar-refractivity contribution in [1.29, 1.82) is 5.41 Å². The Balaban J connectivity index is 1.91. The molecular formula is C21H19N. The second-order valence-corrected chi connectivity index (χ2v) is 6.14. The molecule has 1 heteroatoms. The third-order valence-corrected chi connectivity index (χ3v) is 4.85. The normalized spacial score (nSPS) is 13.3. The second kappa shape index (κ2) is 5.10. The first-order valence-electron chi connectivity index (χ1n) is 7.94. The number of rotatable bonds is 2. The standard InChI is InChI=1S/C21H19N/c1-14-12-13-20(18-10-5-9-16(14)18)21(22)19-11-4-7-15-6-2-3-8-17(15)19/h2-4,6-8,11-13,22H,5,9-10H2,1H3.